The molecule has 8 nitrogen and oxygen atoms in total. The maximum absolute atomic E-state index is 12.7. The zero-order valence-corrected chi connectivity index (χ0v) is 21.9. The Kier molecular flexibility index (Phi) is 11.8. The average molecular weight is 523 g/mol. The summed E-state index contributed by atoms with van der Waals surface area (Å²) in [5, 5.41) is 0. The standard InChI is InChI=1S/C30H34O8/c1-3-33-29(31)25-21-28(38-20-12-18-36-24-15-9-6-10-16-24)26(30(32)34-4-2)22-27(25)37-19-11-17-35-23-13-7-5-8-14-23/h5-10,13-16,21-22H,3-4,11-12,17-20H2,1-2H3. The Morgan fingerprint density at radius 1 is 0.553 bits per heavy atom. The molecule has 0 aliphatic rings. The molecule has 0 fully saturated rings. The van der Waals surface area contributed by atoms with Crippen LogP contribution < -0.4 is 18.9 Å². The van der Waals surface area contributed by atoms with Crippen molar-refractivity contribution in [3.05, 3.63) is 83.9 Å². The number of rotatable bonds is 16. The quantitative estimate of drug-likeness (QED) is 0.174. The monoisotopic (exact) mass is 522 g/mol. The van der Waals surface area contributed by atoms with E-state index in [0.717, 1.165) is 11.5 Å². The van der Waals surface area contributed by atoms with Crippen molar-refractivity contribution in [2.45, 2.75) is 26.7 Å². The van der Waals surface area contributed by atoms with Crippen LogP contribution in [0.15, 0.2) is 72.8 Å². The van der Waals surface area contributed by atoms with Crippen molar-refractivity contribution in [1.29, 1.82) is 0 Å². The predicted molar refractivity (Wildman–Crippen MR) is 142 cm³/mol. The molecule has 0 atom stereocenters. The maximum atomic E-state index is 12.7. The Morgan fingerprint density at radius 3 is 1.29 bits per heavy atom. The Labute approximate surface area is 223 Å². The van der Waals surface area contributed by atoms with Crippen LogP contribution in [0, 0.1) is 0 Å². The number of esters is 2. The van der Waals surface area contributed by atoms with E-state index >= 15 is 0 Å². The van der Waals surface area contributed by atoms with Crippen LogP contribution in [0.1, 0.15) is 47.4 Å². The van der Waals surface area contributed by atoms with E-state index in [4.69, 9.17) is 28.4 Å². The Balaban J connectivity index is 1.68. The molecular weight excluding hydrogens is 488 g/mol. The average Bonchev–Trinajstić information content (AvgIpc) is 2.94. The summed E-state index contributed by atoms with van der Waals surface area (Å²) in [4.78, 5) is 25.4. The summed E-state index contributed by atoms with van der Waals surface area (Å²) in [6, 6.07) is 21.9. The number of hydrogen-bond donors (Lipinski definition) is 0. The lowest BCUT2D eigenvalue weighted by atomic mass is 10.1. The van der Waals surface area contributed by atoms with Crippen molar-refractivity contribution in [2.24, 2.45) is 0 Å². The Bertz CT molecular complexity index is 1040. The predicted octanol–water partition coefficient (Wildman–Crippen LogP) is 5.74. The highest BCUT2D eigenvalue weighted by Gasteiger charge is 2.23. The molecule has 0 N–H and O–H groups in total. The molecule has 202 valence electrons. The molecule has 0 radical (unpaired) electrons. The normalized spacial score (nSPS) is 10.4. The molecule has 0 unspecified atom stereocenters. The van der Waals surface area contributed by atoms with E-state index in [1.54, 1.807) is 13.8 Å². The molecule has 3 rings (SSSR count). The number of ether oxygens (including phenoxy) is 6. The highest BCUT2D eigenvalue weighted by atomic mass is 16.5. The maximum Gasteiger partial charge on any atom is 0.342 e. The van der Waals surface area contributed by atoms with Gasteiger partial charge in [-0.3, -0.25) is 0 Å². The van der Waals surface area contributed by atoms with Crippen LogP contribution in [-0.2, 0) is 9.47 Å². The number of hydrogen-bond acceptors (Lipinski definition) is 8. The first kappa shape index (κ1) is 28.4. The van der Waals surface area contributed by atoms with E-state index in [9.17, 15) is 9.59 Å². The minimum atomic E-state index is -0.573. The first-order valence-electron chi connectivity index (χ1n) is 12.8. The highest BCUT2D eigenvalue weighted by Crippen LogP contribution is 2.31. The van der Waals surface area contributed by atoms with Crippen LogP contribution >= 0.6 is 0 Å². The van der Waals surface area contributed by atoms with Crippen LogP contribution in [0.5, 0.6) is 23.0 Å². The van der Waals surface area contributed by atoms with Gasteiger partial charge in [0.15, 0.2) is 0 Å². The van der Waals surface area contributed by atoms with Crippen molar-refractivity contribution in [3.8, 4) is 23.0 Å². The molecule has 0 bridgehead atoms. The first-order chi connectivity index (χ1) is 18.6. The third-order valence-corrected chi connectivity index (χ3v) is 5.19. The third kappa shape index (κ3) is 9.03. The van der Waals surface area contributed by atoms with Gasteiger partial charge in [-0.1, -0.05) is 36.4 Å². The topological polar surface area (TPSA) is 89.5 Å². The molecule has 0 spiro atoms. The van der Waals surface area contributed by atoms with Crippen LogP contribution in [-0.4, -0.2) is 51.6 Å². The minimum absolute atomic E-state index is 0.166. The molecule has 3 aromatic carbocycles. The van der Waals surface area contributed by atoms with Gasteiger partial charge in [0.25, 0.3) is 0 Å². The van der Waals surface area contributed by atoms with Gasteiger partial charge in [-0.15, -0.1) is 0 Å². The molecule has 0 aromatic heterocycles. The van der Waals surface area contributed by atoms with Crippen LogP contribution in [0.3, 0.4) is 0 Å². The molecule has 38 heavy (non-hydrogen) atoms. The van der Waals surface area contributed by atoms with Crippen LogP contribution in [0.2, 0.25) is 0 Å². The summed E-state index contributed by atoms with van der Waals surface area (Å²) >= 11 is 0. The van der Waals surface area contributed by atoms with Crippen molar-refractivity contribution in [3.63, 3.8) is 0 Å². The molecule has 3 aromatic rings. The van der Waals surface area contributed by atoms with Gasteiger partial charge in [0.2, 0.25) is 0 Å². The molecule has 0 saturated heterocycles. The molecule has 8 heteroatoms. The SMILES string of the molecule is CCOC(=O)c1cc(OCCCOc2ccccc2)c(C(=O)OCC)cc1OCCCOc1ccccc1. The van der Waals surface area contributed by atoms with Gasteiger partial charge in [-0.05, 0) is 50.2 Å². The molecule has 0 aliphatic heterocycles. The lowest BCUT2D eigenvalue weighted by Gasteiger charge is -2.17. The lowest BCUT2D eigenvalue weighted by molar-refractivity contribution is 0.0502. The van der Waals surface area contributed by atoms with Gasteiger partial charge < -0.3 is 28.4 Å². The van der Waals surface area contributed by atoms with Crippen molar-refractivity contribution in [1.82, 2.24) is 0 Å². The fourth-order valence-corrected chi connectivity index (χ4v) is 3.43. The largest absolute Gasteiger partial charge is 0.493 e. The Morgan fingerprint density at radius 2 is 0.921 bits per heavy atom. The number of benzene rings is 3. The molecule has 0 saturated carbocycles. The minimum Gasteiger partial charge on any atom is -0.493 e. The third-order valence-electron chi connectivity index (χ3n) is 5.19. The summed E-state index contributed by atoms with van der Waals surface area (Å²) in [6.45, 7) is 5.20. The first-order valence-corrected chi connectivity index (χ1v) is 12.8. The van der Waals surface area contributed by atoms with E-state index in [1.165, 1.54) is 12.1 Å². The van der Waals surface area contributed by atoms with Crippen LogP contribution in [0.25, 0.3) is 0 Å². The van der Waals surface area contributed by atoms with Gasteiger partial charge in [0.1, 0.15) is 34.1 Å². The fourth-order valence-electron chi connectivity index (χ4n) is 3.43. The van der Waals surface area contributed by atoms with Crippen molar-refractivity contribution < 1.29 is 38.0 Å². The molecule has 0 amide bonds. The van der Waals surface area contributed by atoms with E-state index in [-0.39, 0.29) is 49.1 Å². The zero-order valence-electron chi connectivity index (χ0n) is 21.9. The molecule has 0 aliphatic carbocycles. The van der Waals surface area contributed by atoms with Gasteiger partial charge in [-0.25, -0.2) is 9.59 Å². The fraction of sp³-hybridized carbons (Fsp3) is 0.333. The summed E-state index contributed by atoms with van der Waals surface area (Å²) in [5.74, 6) is 0.809. The van der Waals surface area contributed by atoms with Crippen molar-refractivity contribution >= 4 is 11.9 Å². The summed E-state index contributed by atoms with van der Waals surface area (Å²) in [5.41, 5.74) is 0.332. The van der Waals surface area contributed by atoms with Gasteiger partial charge in [0.05, 0.1) is 39.6 Å². The van der Waals surface area contributed by atoms with Gasteiger partial charge >= 0.3 is 11.9 Å². The smallest absolute Gasteiger partial charge is 0.342 e. The molecule has 0 heterocycles. The Hall–Kier alpha value is -4.20. The highest BCUT2D eigenvalue weighted by molar-refractivity contribution is 5.98. The summed E-state index contributed by atoms with van der Waals surface area (Å²) in [6.07, 6.45) is 1.12. The second-order valence-electron chi connectivity index (χ2n) is 8.01. The van der Waals surface area contributed by atoms with E-state index in [0.29, 0.717) is 26.1 Å². The second kappa shape index (κ2) is 15.8. The number of para-hydroxylation sites is 2. The van der Waals surface area contributed by atoms with Crippen molar-refractivity contribution in [2.75, 3.05) is 39.6 Å². The number of carbonyl (C=O) groups is 2. The van der Waals surface area contributed by atoms with E-state index < -0.39 is 11.9 Å². The second-order valence-corrected chi connectivity index (χ2v) is 8.01. The molecular formula is C30H34O8. The van der Waals surface area contributed by atoms with Gasteiger partial charge in [-0.2, -0.15) is 0 Å². The van der Waals surface area contributed by atoms with E-state index in [2.05, 4.69) is 0 Å². The zero-order chi connectivity index (χ0) is 27.0. The summed E-state index contributed by atoms with van der Waals surface area (Å²) < 4.78 is 33.6. The lowest BCUT2D eigenvalue weighted by Crippen LogP contribution is -2.15. The van der Waals surface area contributed by atoms with E-state index in [1.807, 2.05) is 60.7 Å². The number of carbonyl (C=O) groups excluding carboxylic acids is 2. The summed E-state index contributed by atoms with van der Waals surface area (Å²) in [7, 11) is 0. The van der Waals surface area contributed by atoms with Gasteiger partial charge in [0, 0.05) is 12.8 Å². The van der Waals surface area contributed by atoms with Crippen LogP contribution in [0.4, 0.5) is 0 Å².